The van der Waals surface area contributed by atoms with Crippen molar-refractivity contribution in [1.29, 1.82) is 0 Å². The standard InChI is InChI=1S/C18H18ClFO/c19-15-8-9-17(20)14(11-15)12-18(21)10-4-3-6-13-5-1-2-7-16(13)18/h1-2,5,7-9,11,21H,3-4,6,10,12H2. The summed E-state index contributed by atoms with van der Waals surface area (Å²) in [5.74, 6) is -0.311. The van der Waals surface area contributed by atoms with Crippen LogP contribution in [0.25, 0.3) is 0 Å². The Morgan fingerprint density at radius 1 is 1.14 bits per heavy atom. The summed E-state index contributed by atoms with van der Waals surface area (Å²) in [4.78, 5) is 0. The van der Waals surface area contributed by atoms with Gasteiger partial charge in [-0.3, -0.25) is 0 Å². The quantitative estimate of drug-likeness (QED) is 0.802. The molecule has 1 N–H and O–H groups in total. The first-order chi connectivity index (χ1) is 10.1. The summed E-state index contributed by atoms with van der Waals surface area (Å²) in [5, 5.41) is 11.7. The molecule has 1 aliphatic carbocycles. The molecule has 0 spiro atoms. The zero-order valence-corrected chi connectivity index (χ0v) is 12.5. The summed E-state index contributed by atoms with van der Waals surface area (Å²) in [6.07, 6.45) is 3.87. The molecule has 1 atom stereocenters. The fourth-order valence-corrected chi connectivity index (χ4v) is 3.43. The van der Waals surface area contributed by atoms with Crippen molar-refractivity contribution in [2.24, 2.45) is 0 Å². The molecule has 2 aromatic carbocycles. The first-order valence-electron chi connectivity index (χ1n) is 7.33. The molecule has 0 aliphatic heterocycles. The lowest BCUT2D eigenvalue weighted by atomic mass is 9.82. The van der Waals surface area contributed by atoms with E-state index in [0.717, 1.165) is 24.8 Å². The van der Waals surface area contributed by atoms with E-state index in [0.29, 0.717) is 17.0 Å². The van der Waals surface area contributed by atoms with E-state index in [4.69, 9.17) is 11.6 Å². The number of fused-ring (bicyclic) bond motifs is 1. The second-order valence-electron chi connectivity index (χ2n) is 5.81. The van der Waals surface area contributed by atoms with Gasteiger partial charge in [0.25, 0.3) is 0 Å². The van der Waals surface area contributed by atoms with Gasteiger partial charge in [0, 0.05) is 11.4 Å². The summed E-state index contributed by atoms with van der Waals surface area (Å²) in [6, 6.07) is 12.5. The van der Waals surface area contributed by atoms with Crippen LogP contribution in [0.3, 0.4) is 0 Å². The molecule has 0 amide bonds. The Hall–Kier alpha value is -1.38. The second kappa shape index (κ2) is 5.78. The Morgan fingerprint density at radius 2 is 1.95 bits per heavy atom. The number of hydrogen-bond acceptors (Lipinski definition) is 1. The van der Waals surface area contributed by atoms with Crippen LogP contribution in [0.1, 0.15) is 36.0 Å². The second-order valence-corrected chi connectivity index (χ2v) is 6.24. The highest BCUT2D eigenvalue weighted by atomic mass is 35.5. The van der Waals surface area contributed by atoms with E-state index in [9.17, 15) is 9.50 Å². The molecule has 0 radical (unpaired) electrons. The van der Waals surface area contributed by atoms with Crippen molar-refractivity contribution >= 4 is 11.6 Å². The molecule has 0 heterocycles. The van der Waals surface area contributed by atoms with Gasteiger partial charge in [-0.05, 0) is 60.6 Å². The van der Waals surface area contributed by atoms with Crippen LogP contribution in [-0.4, -0.2) is 5.11 Å². The molecule has 3 heteroatoms. The van der Waals surface area contributed by atoms with Gasteiger partial charge in [0.1, 0.15) is 5.82 Å². The van der Waals surface area contributed by atoms with Crippen LogP contribution < -0.4 is 0 Å². The van der Waals surface area contributed by atoms with Crippen molar-refractivity contribution in [1.82, 2.24) is 0 Å². The maximum Gasteiger partial charge on any atom is 0.126 e. The topological polar surface area (TPSA) is 20.2 Å². The van der Waals surface area contributed by atoms with E-state index < -0.39 is 5.60 Å². The predicted octanol–water partition coefficient (Wildman–Crippen LogP) is 4.64. The van der Waals surface area contributed by atoms with Crippen LogP contribution in [0, 0.1) is 5.82 Å². The summed E-state index contributed by atoms with van der Waals surface area (Å²) >= 11 is 5.96. The smallest absolute Gasteiger partial charge is 0.126 e. The summed E-state index contributed by atoms with van der Waals surface area (Å²) in [6.45, 7) is 0. The maximum atomic E-state index is 14.0. The molecule has 1 aliphatic rings. The molecule has 1 unspecified atom stereocenters. The first-order valence-corrected chi connectivity index (χ1v) is 7.71. The molecule has 0 fully saturated rings. The van der Waals surface area contributed by atoms with Crippen molar-refractivity contribution < 1.29 is 9.50 Å². The Bertz CT molecular complexity index is 655. The van der Waals surface area contributed by atoms with Crippen LogP contribution in [0.5, 0.6) is 0 Å². The fraction of sp³-hybridized carbons (Fsp3) is 0.333. The Labute approximate surface area is 129 Å². The number of hydrogen-bond donors (Lipinski definition) is 1. The average Bonchev–Trinajstić information content (AvgIpc) is 2.63. The highest BCUT2D eigenvalue weighted by Gasteiger charge is 2.33. The average molecular weight is 305 g/mol. The van der Waals surface area contributed by atoms with E-state index in [1.807, 2.05) is 18.2 Å². The molecule has 1 nitrogen and oxygen atoms in total. The molecule has 0 saturated heterocycles. The number of benzene rings is 2. The SMILES string of the molecule is OC1(Cc2cc(Cl)ccc2F)CCCCc2ccccc21. The van der Waals surface area contributed by atoms with Crippen molar-refractivity contribution in [3.63, 3.8) is 0 Å². The van der Waals surface area contributed by atoms with Gasteiger partial charge in [-0.2, -0.15) is 0 Å². The molecule has 21 heavy (non-hydrogen) atoms. The van der Waals surface area contributed by atoms with Crippen molar-refractivity contribution in [3.05, 3.63) is 70.0 Å². The lowest BCUT2D eigenvalue weighted by molar-refractivity contribution is 0.0264. The van der Waals surface area contributed by atoms with Gasteiger partial charge in [-0.25, -0.2) is 4.39 Å². The maximum absolute atomic E-state index is 14.0. The van der Waals surface area contributed by atoms with Crippen molar-refractivity contribution in [3.8, 4) is 0 Å². The molecule has 3 rings (SSSR count). The third-order valence-corrected chi connectivity index (χ3v) is 4.53. The highest BCUT2D eigenvalue weighted by Crippen LogP contribution is 2.37. The minimum absolute atomic E-state index is 0.260. The largest absolute Gasteiger partial charge is 0.385 e. The minimum atomic E-state index is -1.02. The summed E-state index contributed by atoms with van der Waals surface area (Å²) in [5.41, 5.74) is 1.56. The third kappa shape index (κ3) is 2.97. The minimum Gasteiger partial charge on any atom is -0.385 e. The van der Waals surface area contributed by atoms with Crippen LogP contribution in [0.4, 0.5) is 4.39 Å². The van der Waals surface area contributed by atoms with E-state index >= 15 is 0 Å². The molecular weight excluding hydrogens is 287 g/mol. The summed E-state index contributed by atoms with van der Waals surface area (Å²) in [7, 11) is 0. The molecule has 2 aromatic rings. The van der Waals surface area contributed by atoms with Crippen molar-refractivity contribution in [2.75, 3.05) is 0 Å². The number of halogens is 2. The van der Waals surface area contributed by atoms with E-state index in [1.54, 1.807) is 6.07 Å². The molecule has 110 valence electrons. The van der Waals surface area contributed by atoms with E-state index in [2.05, 4.69) is 6.07 Å². The van der Waals surface area contributed by atoms with Crippen LogP contribution in [-0.2, 0) is 18.4 Å². The Balaban J connectivity index is 2.02. The number of aryl methyl sites for hydroxylation is 1. The van der Waals surface area contributed by atoms with Gasteiger partial charge in [0.05, 0.1) is 5.60 Å². The lowest BCUT2D eigenvalue weighted by Crippen LogP contribution is -2.29. The van der Waals surface area contributed by atoms with Crippen molar-refractivity contribution in [2.45, 2.75) is 37.7 Å². The molecule has 0 saturated carbocycles. The summed E-state index contributed by atoms with van der Waals surface area (Å²) < 4.78 is 14.0. The van der Waals surface area contributed by atoms with Gasteiger partial charge in [0.15, 0.2) is 0 Å². The van der Waals surface area contributed by atoms with Crippen LogP contribution in [0.15, 0.2) is 42.5 Å². The normalized spacial score (nSPS) is 21.7. The first kappa shape index (κ1) is 14.6. The number of aliphatic hydroxyl groups is 1. The monoisotopic (exact) mass is 304 g/mol. The van der Waals surface area contributed by atoms with Gasteiger partial charge in [-0.1, -0.05) is 35.9 Å². The van der Waals surface area contributed by atoms with Crippen LogP contribution in [0.2, 0.25) is 5.02 Å². The molecule has 0 aromatic heterocycles. The van der Waals surface area contributed by atoms with Gasteiger partial charge < -0.3 is 5.11 Å². The zero-order chi connectivity index (χ0) is 14.9. The fourth-order valence-electron chi connectivity index (χ4n) is 3.24. The van der Waals surface area contributed by atoms with Crippen LogP contribution >= 0.6 is 11.6 Å². The Kier molecular flexibility index (Phi) is 4.01. The predicted molar refractivity (Wildman–Crippen MR) is 83.0 cm³/mol. The highest BCUT2D eigenvalue weighted by molar-refractivity contribution is 6.30. The molecular formula is C18H18ClFO. The Morgan fingerprint density at radius 3 is 2.81 bits per heavy atom. The van der Waals surface area contributed by atoms with Gasteiger partial charge in [-0.15, -0.1) is 0 Å². The van der Waals surface area contributed by atoms with Gasteiger partial charge in [0.2, 0.25) is 0 Å². The lowest BCUT2D eigenvalue weighted by Gasteiger charge is -2.29. The number of rotatable bonds is 2. The third-order valence-electron chi connectivity index (χ3n) is 4.30. The van der Waals surface area contributed by atoms with E-state index in [-0.39, 0.29) is 12.2 Å². The van der Waals surface area contributed by atoms with Gasteiger partial charge >= 0.3 is 0 Å². The van der Waals surface area contributed by atoms with E-state index in [1.165, 1.54) is 17.7 Å². The zero-order valence-electron chi connectivity index (χ0n) is 11.8. The molecule has 0 bridgehead atoms.